The fourth-order valence-corrected chi connectivity index (χ4v) is 1.70. The standard InChI is InChI=1S/C12H9ClF2N2O2/c13-6-10(18)17-8-3-4-9(19-12(14)15)7-2-1-5-16-11(7)8/h1-5,12H,6H2,(H,17,18). The third kappa shape index (κ3) is 3.08. The summed E-state index contributed by atoms with van der Waals surface area (Å²) < 4.78 is 29.0. The highest BCUT2D eigenvalue weighted by Gasteiger charge is 2.12. The molecular formula is C12H9ClF2N2O2. The van der Waals surface area contributed by atoms with Gasteiger partial charge >= 0.3 is 6.61 Å². The Hall–Kier alpha value is -1.95. The van der Waals surface area contributed by atoms with E-state index in [1.54, 1.807) is 12.1 Å². The Labute approximate surface area is 112 Å². The highest BCUT2D eigenvalue weighted by atomic mass is 35.5. The van der Waals surface area contributed by atoms with Crippen molar-refractivity contribution in [2.75, 3.05) is 11.2 Å². The highest BCUT2D eigenvalue weighted by molar-refractivity contribution is 6.29. The van der Waals surface area contributed by atoms with Gasteiger partial charge in [0, 0.05) is 11.6 Å². The molecule has 0 unspecified atom stereocenters. The van der Waals surface area contributed by atoms with Crippen molar-refractivity contribution in [2.45, 2.75) is 6.61 Å². The Morgan fingerprint density at radius 3 is 2.89 bits per heavy atom. The van der Waals surface area contributed by atoms with Gasteiger partial charge < -0.3 is 10.1 Å². The van der Waals surface area contributed by atoms with Gasteiger partial charge in [-0.15, -0.1) is 11.6 Å². The number of benzene rings is 1. The molecule has 0 fully saturated rings. The molecule has 2 rings (SSSR count). The molecule has 1 amide bonds. The van der Waals surface area contributed by atoms with Crippen molar-refractivity contribution in [3.05, 3.63) is 30.5 Å². The third-order valence-electron chi connectivity index (χ3n) is 2.34. The Balaban J connectivity index is 2.48. The van der Waals surface area contributed by atoms with E-state index in [2.05, 4.69) is 15.0 Å². The SMILES string of the molecule is O=C(CCl)Nc1ccc(OC(F)F)c2cccnc12. The van der Waals surface area contributed by atoms with Crippen LogP contribution in [0.15, 0.2) is 30.5 Å². The number of nitrogens with one attached hydrogen (secondary N) is 1. The number of aromatic nitrogens is 1. The molecule has 0 aliphatic carbocycles. The zero-order chi connectivity index (χ0) is 13.8. The lowest BCUT2D eigenvalue weighted by Gasteiger charge is -2.11. The van der Waals surface area contributed by atoms with E-state index in [-0.39, 0.29) is 11.6 Å². The van der Waals surface area contributed by atoms with Gasteiger partial charge in [0.25, 0.3) is 0 Å². The monoisotopic (exact) mass is 286 g/mol. The minimum Gasteiger partial charge on any atom is -0.434 e. The Kier molecular flexibility index (Phi) is 4.11. The van der Waals surface area contributed by atoms with E-state index >= 15 is 0 Å². The van der Waals surface area contributed by atoms with Gasteiger partial charge in [-0.3, -0.25) is 9.78 Å². The van der Waals surface area contributed by atoms with Gasteiger partial charge in [0.2, 0.25) is 5.91 Å². The van der Waals surface area contributed by atoms with Gasteiger partial charge in [0.1, 0.15) is 11.6 Å². The molecule has 1 aromatic heterocycles. The Morgan fingerprint density at radius 2 is 2.21 bits per heavy atom. The van der Waals surface area contributed by atoms with Gasteiger partial charge in [-0.25, -0.2) is 0 Å². The maximum absolute atomic E-state index is 12.3. The topological polar surface area (TPSA) is 51.2 Å². The van der Waals surface area contributed by atoms with Crippen LogP contribution in [0, 0.1) is 0 Å². The summed E-state index contributed by atoms with van der Waals surface area (Å²) in [5.74, 6) is -0.609. The highest BCUT2D eigenvalue weighted by Crippen LogP contribution is 2.30. The van der Waals surface area contributed by atoms with Crippen LogP contribution in [0.1, 0.15) is 0 Å². The molecule has 1 heterocycles. The van der Waals surface area contributed by atoms with Crippen LogP contribution in [0.2, 0.25) is 0 Å². The van der Waals surface area contributed by atoms with Crippen LogP contribution in [0.3, 0.4) is 0 Å². The number of alkyl halides is 3. The quantitative estimate of drug-likeness (QED) is 0.879. The van der Waals surface area contributed by atoms with Crippen LogP contribution in [0.25, 0.3) is 10.9 Å². The molecule has 1 N–H and O–H groups in total. The molecule has 0 atom stereocenters. The van der Waals surface area contributed by atoms with Crippen molar-refractivity contribution in [1.82, 2.24) is 4.98 Å². The number of rotatable bonds is 4. The number of halogens is 3. The van der Waals surface area contributed by atoms with Gasteiger partial charge in [-0.2, -0.15) is 8.78 Å². The van der Waals surface area contributed by atoms with Crippen LogP contribution in [-0.4, -0.2) is 23.4 Å². The molecule has 7 heteroatoms. The average Bonchev–Trinajstić information content (AvgIpc) is 2.41. The predicted molar refractivity (Wildman–Crippen MR) is 67.7 cm³/mol. The number of carbonyl (C=O) groups excluding carboxylic acids is 1. The summed E-state index contributed by atoms with van der Waals surface area (Å²) in [5, 5.41) is 2.92. The number of fused-ring (bicyclic) bond motifs is 1. The first-order valence-electron chi connectivity index (χ1n) is 5.30. The molecule has 0 radical (unpaired) electrons. The van der Waals surface area contributed by atoms with Crippen molar-refractivity contribution in [2.24, 2.45) is 0 Å². The molecule has 4 nitrogen and oxygen atoms in total. The lowest BCUT2D eigenvalue weighted by Crippen LogP contribution is -2.13. The molecule has 0 spiro atoms. The van der Waals surface area contributed by atoms with Crippen molar-refractivity contribution in [3.8, 4) is 5.75 Å². The zero-order valence-electron chi connectivity index (χ0n) is 9.57. The summed E-state index contributed by atoms with van der Waals surface area (Å²) in [4.78, 5) is 15.3. The van der Waals surface area contributed by atoms with E-state index < -0.39 is 12.5 Å². The van der Waals surface area contributed by atoms with Crippen LogP contribution in [0.5, 0.6) is 5.75 Å². The number of anilines is 1. The summed E-state index contributed by atoms with van der Waals surface area (Å²) >= 11 is 5.40. The van der Waals surface area contributed by atoms with Crippen molar-refractivity contribution >= 4 is 34.1 Å². The fourth-order valence-electron chi connectivity index (χ4n) is 1.63. The third-order valence-corrected chi connectivity index (χ3v) is 2.58. The molecule has 2 aromatic rings. The first-order valence-corrected chi connectivity index (χ1v) is 5.83. The molecule has 0 aliphatic heterocycles. The predicted octanol–water partition coefficient (Wildman–Crippen LogP) is 3.01. The van der Waals surface area contributed by atoms with E-state index in [1.165, 1.54) is 18.3 Å². The van der Waals surface area contributed by atoms with Crippen molar-refractivity contribution in [3.63, 3.8) is 0 Å². The lowest BCUT2D eigenvalue weighted by molar-refractivity contribution is -0.113. The molecule has 19 heavy (non-hydrogen) atoms. The summed E-state index contributed by atoms with van der Waals surface area (Å²) in [7, 11) is 0. The number of pyridine rings is 1. The van der Waals surface area contributed by atoms with Gasteiger partial charge in [0.15, 0.2) is 0 Å². The van der Waals surface area contributed by atoms with Gasteiger partial charge in [-0.05, 0) is 24.3 Å². The second-order valence-corrected chi connectivity index (χ2v) is 3.84. The van der Waals surface area contributed by atoms with E-state index in [0.717, 1.165) is 0 Å². The summed E-state index contributed by atoms with van der Waals surface area (Å²) in [6.45, 7) is -2.92. The molecule has 1 aromatic carbocycles. The van der Waals surface area contributed by atoms with Gasteiger partial charge in [0.05, 0.1) is 11.2 Å². The Morgan fingerprint density at radius 1 is 1.42 bits per heavy atom. The van der Waals surface area contributed by atoms with E-state index in [4.69, 9.17) is 11.6 Å². The first kappa shape index (κ1) is 13.5. The van der Waals surface area contributed by atoms with E-state index in [0.29, 0.717) is 16.6 Å². The summed E-state index contributed by atoms with van der Waals surface area (Å²) in [6, 6.07) is 5.96. The van der Waals surface area contributed by atoms with Crippen LogP contribution >= 0.6 is 11.6 Å². The Bertz CT molecular complexity index is 607. The minimum absolute atomic E-state index is 0.00183. The number of hydrogen-bond acceptors (Lipinski definition) is 3. The molecule has 0 aliphatic rings. The number of hydrogen-bond donors (Lipinski definition) is 1. The largest absolute Gasteiger partial charge is 0.434 e. The lowest BCUT2D eigenvalue weighted by atomic mass is 10.1. The maximum atomic E-state index is 12.3. The first-order chi connectivity index (χ1) is 9.11. The van der Waals surface area contributed by atoms with Crippen LogP contribution in [0.4, 0.5) is 14.5 Å². The zero-order valence-corrected chi connectivity index (χ0v) is 10.3. The molecule has 100 valence electrons. The smallest absolute Gasteiger partial charge is 0.387 e. The maximum Gasteiger partial charge on any atom is 0.387 e. The van der Waals surface area contributed by atoms with E-state index in [1.807, 2.05) is 0 Å². The van der Waals surface area contributed by atoms with Crippen LogP contribution in [-0.2, 0) is 4.79 Å². The average molecular weight is 287 g/mol. The second kappa shape index (κ2) is 5.79. The summed E-state index contributed by atoms with van der Waals surface area (Å²) in [6.07, 6.45) is 1.49. The minimum atomic E-state index is -2.92. The fraction of sp³-hybridized carbons (Fsp3) is 0.167. The number of ether oxygens (including phenoxy) is 1. The van der Waals surface area contributed by atoms with Crippen molar-refractivity contribution < 1.29 is 18.3 Å². The summed E-state index contributed by atoms with van der Waals surface area (Å²) in [5.41, 5.74) is 0.752. The van der Waals surface area contributed by atoms with E-state index in [9.17, 15) is 13.6 Å². The number of amides is 1. The van der Waals surface area contributed by atoms with Crippen molar-refractivity contribution in [1.29, 1.82) is 0 Å². The molecule has 0 saturated heterocycles. The molecule has 0 saturated carbocycles. The number of carbonyl (C=O) groups is 1. The molecular weight excluding hydrogens is 278 g/mol. The van der Waals surface area contributed by atoms with Crippen LogP contribution < -0.4 is 10.1 Å². The van der Waals surface area contributed by atoms with Gasteiger partial charge in [-0.1, -0.05) is 0 Å². The second-order valence-electron chi connectivity index (χ2n) is 3.57. The normalized spacial score (nSPS) is 10.7. The number of nitrogens with zero attached hydrogens (tertiary/aromatic N) is 1. The molecule has 0 bridgehead atoms.